The zero-order valence-corrected chi connectivity index (χ0v) is 28.5. The SMILES string of the molecule is CCSC(=O)O[C@H]1C[C@H]2OC[C@@]2(OC(C)=O)[C@H]2[C@H](OC(=O)c3ccccc3)[C@]34OC(=O)O[C@H]3C(=O)C(C)=C([C@@H](OC)C(=O)[C@]12C)C4(C)C. The fraction of sp³-hybridized carbons (Fsp3) is 0.588. The third kappa shape index (κ3) is 4.51. The maximum absolute atomic E-state index is 15.3. The summed E-state index contributed by atoms with van der Waals surface area (Å²) in [5.74, 6) is -3.92. The molecule has 2 aliphatic heterocycles. The van der Waals surface area contributed by atoms with Crippen LogP contribution in [0.25, 0.3) is 0 Å². The Labute approximate surface area is 281 Å². The van der Waals surface area contributed by atoms with E-state index in [1.807, 2.05) is 0 Å². The van der Waals surface area contributed by atoms with Gasteiger partial charge >= 0.3 is 23.4 Å². The van der Waals surface area contributed by atoms with E-state index in [-0.39, 0.29) is 29.7 Å². The first-order valence-electron chi connectivity index (χ1n) is 15.7. The summed E-state index contributed by atoms with van der Waals surface area (Å²) < 4.78 is 42.1. The molecule has 2 bridgehead atoms. The van der Waals surface area contributed by atoms with E-state index in [2.05, 4.69) is 0 Å². The highest BCUT2D eigenvalue weighted by atomic mass is 32.2. The molecule has 1 aromatic rings. The van der Waals surface area contributed by atoms with Gasteiger partial charge in [-0.1, -0.05) is 39.0 Å². The van der Waals surface area contributed by atoms with Crippen molar-refractivity contribution in [2.24, 2.45) is 16.7 Å². The second-order valence-electron chi connectivity index (χ2n) is 13.5. The summed E-state index contributed by atoms with van der Waals surface area (Å²) in [4.78, 5) is 82.9. The second kappa shape index (κ2) is 11.7. The molecule has 9 atom stereocenters. The first kappa shape index (κ1) is 34.1. The number of ketones is 2. The van der Waals surface area contributed by atoms with Crippen LogP contribution in [0, 0.1) is 16.7 Å². The molecule has 0 aromatic heterocycles. The lowest BCUT2D eigenvalue weighted by molar-refractivity contribution is -0.343. The number of fused-ring (bicyclic) bond motifs is 4. The van der Waals surface area contributed by atoms with Gasteiger partial charge in [-0.05, 0) is 48.9 Å². The molecule has 0 unspecified atom stereocenters. The van der Waals surface area contributed by atoms with E-state index in [1.54, 1.807) is 45.9 Å². The number of benzene rings is 1. The summed E-state index contributed by atoms with van der Waals surface area (Å²) in [6, 6.07) is 7.99. The predicted octanol–water partition coefficient (Wildman–Crippen LogP) is 3.99. The maximum atomic E-state index is 15.3. The highest BCUT2D eigenvalue weighted by Gasteiger charge is 2.83. The lowest BCUT2D eigenvalue weighted by Crippen LogP contribution is -2.83. The van der Waals surface area contributed by atoms with Gasteiger partial charge in [0.1, 0.15) is 18.3 Å². The molecule has 1 aromatic carbocycles. The zero-order valence-electron chi connectivity index (χ0n) is 27.7. The molecule has 6 rings (SSSR count). The average molecular weight is 687 g/mol. The minimum absolute atomic E-state index is 0.0646. The molecule has 4 fully saturated rings. The van der Waals surface area contributed by atoms with Gasteiger partial charge in [-0.3, -0.25) is 14.4 Å². The first-order chi connectivity index (χ1) is 22.6. The fourth-order valence-electron chi connectivity index (χ4n) is 8.82. The third-order valence-corrected chi connectivity index (χ3v) is 11.5. The minimum Gasteiger partial charge on any atom is -0.454 e. The largest absolute Gasteiger partial charge is 0.510 e. The minimum atomic E-state index is -2.12. The Balaban J connectivity index is 1.71. The highest BCUT2D eigenvalue weighted by molar-refractivity contribution is 8.13. The number of hydrogen-bond donors (Lipinski definition) is 0. The molecule has 258 valence electrons. The number of thioether (sulfide) groups is 1. The molecule has 3 aliphatic carbocycles. The van der Waals surface area contributed by atoms with Gasteiger partial charge in [-0.25, -0.2) is 14.4 Å². The molecular formula is C34H38O13S. The Hall–Kier alpha value is -3.75. The lowest BCUT2D eigenvalue weighted by atomic mass is 9.44. The number of esters is 2. The number of rotatable bonds is 6. The van der Waals surface area contributed by atoms with Crippen LogP contribution < -0.4 is 0 Å². The van der Waals surface area contributed by atoms with Crippen molar-refractivity contribution >= 4 is 46.7 Å². The summed E-state index contributed by atoms with van der Waals surface area (Å²) in [6.45, 7) is 9.08. The standard InChI is InChI=1S/C34H38O13S/c1-8-48-30(40)43-19-14-20-33(15-42-20,46-17(3)35)24-27(44-28(38)18-12-10-9-11-13-18)34-26(45-29(39)47-34)22(36)16(2)21(31(34,4)5)23(41-7)25(37)32(19,24)6/h9-13,19-20,23-24,26-27H,8,14-15H2,1-7H3/t19-,20+,23+,24-,26-,27-,32+,33-,34+/m0/s1. The molecule has 2 saturated carbocycles. The number of hydrogen-bond acceptors (Lipinski definition) is 14. The Morgan fingerprint density at radius 1 is 1.04 bits per heavy atom. The number of methoxy groups -OCH3 is 1. The van der Waals surface area contributed by atoms with E-state index in [0.29, 0.717) is 5.75 Å². The Bertz CT molecular complexity index is 1620. The molecule has 14 heteroatoms. The summed E-state index contributed by atoms with van der Waals surface area (Å²) in [5, 5.41) is -0.666. The third-order valence-electron chi connectivity index (χ3n) is 10.9. The molecule has 2 saturated heterocycles. The van der Waals surface area contributed by atoms with Crippen LogP contribution in [-0.2, 0) is 47.5 Å². The monoisotopic (exact) mass is 686 g/mol. The number of carbonyl (C=O) groups is 6. The molecule has 48 heavy (non-hydrogen) atoms. The fourth-order valence-corrected chi connectivity index (χ4v) is 9.24. The smallest absolute Gasteiger partial charge is 0.454 e. The van der Waals surface area contributed by atoms with Gasteiger partial charge in [0.25, 0.3) is 0 Å². The van der Waals surface area contributed by atoms with Gasteiger partial charge in [0.05, 0.1) is 23.5 Å². The van der Waals surface area contributed by atoms with Gasteiger partial charge in [0.2, 0.25) is 17.5 Å². The summed E-state index contributed by atoms with van der Waals surface area (Å²) in [7, 11) is 1.31. The molecule has 2 heterocycles. The van der Waals surface area contributed by atoms with E-state index in [0.717, 1.165) is 11.8 Å². The van der Waals surface area contributed by atoms with Gasteiger partial charge in [-0.15, -0.1) is 0 Å². The highest BCUT2D eigenvalue weighted by Crippen LogP contribution is 2.66. The van der Waals surface area contributed by atoms with Crippen molar-refractivity contribution in [3.63, 3.8) is 0 Å². The van der Waals surface area contributed by atoms with Crippen molar-refractivity contribution < 1.29 is 61.9 Å². The average Bonchev–Trinajstić information content (AvgIpc) is 3.40. The molecule has 13 nitrogen and oxygen atoms in total. The van der Waals surface area contributed by atoms with Crippen LogP contribution in [0.4, 0.5) is 9.59 Å². The van der Waals surface area contributed by atoms with Gasteiger partial charge in [0, 0.05) is 31.6 Å². The lowest BCUT2D eigenvalue weighted by Gasteiger charge is -2.67. The molecule has 1 spiro atoms. The molecule has 0 N–H and O–H groups in total. The van der Waals surface area contributed by atoms with Crippen LogP contribution in [0.15, 0.2) is 41.5 Å². The van der Waals surface area contributed by atoms with Gasteiger partial charge in [0.15, 0.2) is 17.5 Å². The molecular weight excluding hydrogens is 648 g/mol. The van der Waals surface area contributed by atoms with E-state index in [1.165, 1.54) is 33.1 Å². The van der Waals surface area contributed by atoms with Gasteiger partial charge < -0.3 is 33.2 Å². The van der Waals surface area contributed by atoms with E-state index in [4.69, 9.17) is 33.2 Å². The predicted molar refractivity (Wildman–Crippen MR) is 166 cm³/mol. The second-order valence-corrected chi connectivity index (χ2v) is 14.7. The van der Waals surface area contributed by atoms with E-state index < -0.39 is 93.4 Å². The Morgan fingerprint density at radius 3 is 2.31 bits per heavy atom. The van der Waals surface area contributed by atoms with Gasteiger partial charge in [-0.2, -0.15) is 0 Å². The Morgan fingerprint density at radius 2 is 1.73 bits per heavy atom. The van der Waals surface area contributed by atoms with Crippen molar-refractivity contribution in [3.8, 4) is 0 Å². The Kier molecular flexibility index (Phi) is 8.31. The van der Waals surface area contributed by atoms with Crippen molar-refractivity contribution in [3.05, 3.63) is 47.0 Å². The van der Waals surface area contributed by atoms with Crippen LogP contribution in [0.3, 0.4) is 0 Å². The summed E-state index contributed by atoms with van der Waals surface area (Å²) in [6.07, 6.45) is -8.20. The molecule has 0 amide bonds. The summed E-state index contributed by atoms with van der Waals surface area (Å²) >= 11 is 0.892. The molecule has 0 radical (unpaired) electrons. The number of Topliss-reactive ketones (excluding diaryl/α,β-unsaturated/α-hetero) is 2. The van der Waals surface area contributed by atoms with E-state index in [9.17, 15) is 24.0 Å². The van der Waals surface area contributed by atoms with Crippen LogP contribution in [-0.4, -0.2) is 96.2 Å². The quantitative estimate of drug-likeness (QED) is 0.311. The zero-order chi connectivity index (χ0) is 35.0. The van der Waals surface area contributed by atoms with Crippen LogP contribution in [0.5, 0.6) is 0 Å². The number of ether oxygens (including phenoxy) is 7. The molecule has 5 aliphatic rings. The number of carbonyl (C=O) groups excluding carboxylic acids is 6. The van der Waals surface area contributed by atoms with Crippen LogP contribution in [0.1, 0.15) is 58.3 Å². The van der Waals surface area contributed by atoms with Crippen molar-refractivity contribution in [2.75, 3.05) is 19.5 Å². The normalized spacial score (nSPS) is 37.7. The van der Waals surface area contributed by atoms with Crippen LogP contribution >= 0.6 is 11.8 Å². The van der Waals surface area contributed by atoms with Crippen molar-refractivity contribution in [1.29, 1.82) is 0 Å². The maximum Gasteiger partial charge on any atom is 0.510 e. The topological polar surface area (TPSA) is 167 Å². The van der Waals surface area contributed by atoms with Crippen molar-refractivity contribution in [2.45, 2.75) is 89.7 Å². The van der Waals surface area contributed by atoms with Crippen LogP contribution in [0.2, 0.25) is 0 Å². The van der Waals surface area contributed by atoms with Crippen molar-refractivity contribution in [1.82, 2.24) is 0 Å². The first-order valence-corrected chi connectivity index (χ1v) is 16.7. The summed E-state index contributed by atoms with van der Waals surface area (Å²) in [5.41, 5.74) is -6.69. The van der Waals surface area contributed by atoms with E-state index >= 15 is 4.79 Å².